The number of rotatable bonds is 5. The van der Waals surface area contributed by atoms with Crippen LogP contribution in [0.1, 0.15) is 5.56 Å². The summed E-state index contributed by atoms with van der Waals surface area (Å²) in [7, 11) is 3.35. The van der Waals surface area contributed by atoms with Crippen molar-refractivity contribution in [2.45, 2.75) is 13.1 Å². The maximum Gasteiger partial charge on any atom is 0.282 e. The number of benzene rings is 1. The molecule has 0 aliphatic carbocycles. The molecular formula is C17H19BrN3O2S+. The second-order valence-electron chi connectivity index (χ2n) is 5.47. The van der Waals surface area contributed by atoms with Gasteiger partial charge in [0.15, 0.2) is 6.67 Å². The van der Waals surface area contributed by atoms with Gasteiger partial charge in [-0.2, -0.15) is 0 Å². The quantitative estimate of drug-likeness (QED) is 0.607. The van der Waals surface area contributed by atoms with E-state index in [0.29, 0.717) is 6.67 Å². The fourth-order valence-electron chi connectivity index (χ4n) is 2.69. The van der Waals surface area contributed by atoms with Crippen LogP contribution in [0.3, 0.4) is 0 Å². The number of halogens is 1. The number of methoxy groups -OCH3 is 2. The molecule has 24 heavy (non-hydrogen) atoms. The highest BCUT2D eigenvalue weighted by Gasteiger charge is 2.25. The van der Waals surface area contributed by atoms with Crippen LogP contribution in [0.15, 0.2) is 41.0 Å². The van der Waals surface area contributed by atoms with Crippen LogP contribution < -0.4 is 19.4 Å². The van der Waals surface area contributed by atoms with E-state index in [1.807, 2.05) is 36.5 Å². The van der Waals surface area contributed by atoms with E-state index in [1.54, 1.807) is 14.2 Å². The molecule has 0 spiro atoms. The van der Waals surface area contributed by atoms with E-state index in [1.165, 1.54) is 0 Å². The number of nitrogens with one attached hydrogen (secondary N) is 1. The number of nitrogens with zero attached hydrogens (tertiary/aromatic N) is 2. The SMILES string of the molecule is COc1ccc(OC)c(CCN2C[n+]3cc(Br)ccc3NC2=S)c1. The number of aromatic nitrogens is 1. The van der Waals surface area contributed by atoms with Crippen LogP contribution in [0.25, 0.3) is 0 Å². The first-order valence-corrected chi connectivity index (χ1v) is 8.76. The van der Waals surface area contributed by atoms with E-state index in [4.69, 9.17) is 21.7 Å². The molecule has 0 unspecified atom stereocenters. The van der Waals surface area contributed by atoms with E-state index >= 15 is 0 Å². The lowest BCUT2D eigenvalue weighted by Gasteiger charge is -2.27. The van der Waals surface area contributed by atoms with Crippen LogP contribution in [0.5, 0.6) is 11.5 Å². The Bertz CT molecular complexity index is 769. The Kier molecular flexibility index (Phi) is 5.20. The average Bonchev–Trinajstić information content (AvgIpc) is 2.60. The molecule has 3 rings (SSSR count). The van der Waals surface area contributed by atoms with Gasteiger partial charge in [0.1, 0.15) is 17.7 Å². The van der Waals surface area contributed by atoms with Crippen molar-refractivity contribution in [1.82, 2.24) is 4.90 Å². The van der Waals surface area contributed by atoms with E-state index < -0.39 is 0 Å². The largest absolute Gasteiger partial charge is 0.497 e. The van der Waals surface area contributed by atoms with E-state index in [2.05, 4.69) is 30.7 Å². The molecule has 0 saturated carbocycles. The lowest BCUT2D eigenvalue weighted by molar-refractivity contribution is -0.701. The predicted octanol–water partition coefficient (Wildman–Crippen LogP) is 2.97. The van der Waals surface area contributed by atoms with Gasteiger partial charge >= 0.3 is 0 Å². The standard InChI is InChI=1S/C17H18BrN3O2S/c1-22-14-4-5-15(23-2)12(9-14)7-8-20-11-21-10-13(18)3-6-16(21)19-17(20)24/h3-6,9-10H,7-8,11H2,1-2H3/p+1. The lowest BCUT2D eigenvalue weighted by atomic mass is 10.1. The molecule has 7 heteroatoms. The number of pyridine rings is 1. The van der Waals surface area contributed by atoms with Gasteiger partial charge in [-0.05, 0) is 64.4 Å². The Hall–Kier alpha value is -1.86. The highest BCUT2D eigenvalue weighted by atomic mass is 79.9. The number of fused-ring (bicyclic) bond motifs is 1. The summed E-state index contributed by atoms with van der Waals surface area (Å²) >= 11 is 9.00. The monoisotopic (exact) mass is 408 g/mol. The summed E-state index contributed by atoms with van der Waals surface area (Å²) in [5, 5.41) is 4.00. The zero-order chi connectivity index (χ0) is 17.1. The molecule has 1 aliphatic heterocycles. The third kappa shape index (κ3) is 3.62. The summed E-state index contributed by atoms with van der Waals surface area (Å²) in [6, 6.07) is 9.86. The minimum atomic E-state index is 0.715. The highest BCUT2D eigenvalue weighted by molar-refractivity contribution is 9.10. The molecule has 1 N–H and O–H groups in total. The smallest absolute Gasteiger partial charge is 0.282 e. The van der Waals surface area contributed by atoms with Crippen molar-refractivity contribution in [3.05, 3.63) is 46.6 Å². The van der Waals surface area contributed by atoms with Crippen LogP contribution in [0, 0.1) is 0 Å². The van der Waals surface area contributed by atoms with Gasteiger partial charge in [0.25, 0.3) is 10.9 Å². The maximum absolute atomic E-state index is 5.50. The first kappa shape index (κ1) is 17.0. The Morgan fingerprint density at radius 1 is 1.25 bits per heavy atom. The van der Waals surface area contributed by atoms with Crippen molar-refractivity contribution in [1.29, 1.82) is 0 Å². The van der Waals surface area contributed by atoms with E-state index in [0.717, 1.165) is 45.4 Å². The Labute approximate surface area is 155 Å². The Morgan fingerprint density at radius 2 is 2.08 bits per heavy atom. The van der Waals surface area contributed by atoms with Gasteiger partial charge in [-0.1, -0.05) is 0 Å². The van der Waals surface area contributed by atoms with Crippen LogP contribution in [-0.4, -0.2) is 30.8 Å². The van der Waals surface area contributed by atoms with Crippen LogP contribution in [0.2, 0.25) is 0 Å². The first-order chi connectivity index (χ1) is 11.6. The predicted molar refractivity (Wildman–Crippen MR) is 101 cm³/mol. The van der Waals surface area contributed by atoms with Crippen molar-refractivity contribution in [3.63, 3.8) is 0 Å². The molecule has 1 aromatic heterocycles. The maximum atomic E-state index is 5.50. The molecule has 0 amide bonds. The number of thiocarbonyl (C=S) groups is 1. The number of ether oxygens (including phenoxy) is 2. The zero-order valence-electron chi connectivity index (χ0n) is 13.6. The number of hydrogen-bond donors (Lipinski definition) is 1. The van der Waals surface area contributed by atoms with Gasteiger partial charge in [0.05, 0.1) is 18.7 Å². The van der Waals surface area contributed by atoms with Gasteiger partial charge in [-0.15, -0.1) is 0 Å². The average molecular weight is 409 g/mol. The highest BCUT2D eigenvalue weighted by Crippen LogP contribution is 2.25. The lowest BCUT2D eigenvalue weighted by Crippen LogP contribution is -2.55. The summed E-state index contributed by atoms with van der Waals surface area (Å²) in [5.74, 6) is 2.69. The summed E-state index contributed by atoms with van der Waals surface area (Å²) < 4.78 is 13.9. The van der Waals surface area contributed by atoms with Crippen LogP contribution >= 0.6 is 28.1 Å². The van der Waals surface area contributed by atoms with Crippen molar-refractivity contribution in [2.24, 2.45) is 0 Å². The van der Waals surface area contributed by atoms with Gasteiger partial charge < -0.3 is 9.47 Å². The fraction of sp³-hybridized carbons (Fsp3) is 0.294. The third-order valence-corrected chi connectivity index (χ3v) is 4.80. The summed E-state index contributed by atoms with van der Waals surface area (Å²) in [6.45, 7) is 1.50. The molecule has 126 valence electrons. The zero-order valence-corrected chi connectivity index (χ0v) is 16.0. The Balaban J connectivity index is 1.74. The molecule has 0 radical (unpaired) electrons. The van der Waals surface area contributed by atoms with Crippen LogP contribution in [0.4, 0.5) is 5.82 Å². The normalized spacial score (nSPS) is 13.3. The number of hydrogen-bond acceptors (Lipinski definition) is 3. The second-order valence-corrected chi connectivity index (χ2v) is 6.77. The van der Waals surface area contributed by atoms with Crippen molar-refractivity contribution in [2.75, 3.05) is 26.1 Å². The summed E-state index contributed by atoms with van der Waals surface area (Å²) in [6.07, 6.45) is 2.86. The molecule has 5 nitrogen and oxygen atoms in total. The molecule has 0 saturated heterocycles. The molecule has 1 aliphatic rings. The molecule has 2 heterocycles. The minimum Gasteiger partial charge on any atom is -0.497 e. The van der Waals surface area contributed by atoms with Gasteiger partial charge in [0.2, 0.25) is 0 Å². The molecule has 0 atom stereocenters. The topological polar surface area (TPSA) is 37.6 Å². The van der Waals surface area contributed by atoms with Crippen molar-refractivity contribution >= 4 is 39.1 Å². The van der Waals surface area contributed by atoms with Gasteiger partial charge in [0, 0.05) is 12.6 Å². The molecular weight excluding hydrogens is 390 g/mol. The van der Waals surface area contributed by atoms with Crippen molar-refractivity contribution in [3.8, 4) is 11.5 Å². The van der Waals surface area contributed by atoms with Crippen LogP contribution in [-0.2, 0) is 13.1 Å². The first-order valence-electron chi connectivity index (χ1n) is 7.56. The van der Waals surface area contributed by atoms with Gasteiger partial charge in [-0.25, -0.2) is 9.88 Å². The Morgan fingerprint density at radius 3 is 2.83 bits per heavy atom. The molecule has 2 aromatic rings. The van der Waals surface area contributed by atoms with E-state index in [9.17, 15) is 0 Å². The number of anilines is 1. The molecule has 0 fully saturated rings. The minimum absolute atomic E-state index is 0.715. The van der Waals surface area contributed by atoms with Crippen molar-refractivity contribution < 1.29 is 14.0 Å². The summed E-state index contributed by atoms with van der Waals surface area (Å²) in [4.78, 5) is 2.13. The summed E-state index contributed by atoms with van der Waals surface area (Å²) in [5.41, 5.74) is 1.10. The second kappa shape index (κ2) is 7.36. The fourth-order valence-corrected chi connectivity index (χ4v) is 3.32. The molecule has 0 bridgehead atoms. The molecule has 1 aromatic carbocycles. The third-order valence-electron chi connectivity index (χ3n) is 3.97. The van der Waals surface area contributed by atoms with Gasteiger partial charge in [-0.3, -0.25) is 4.90 Å². The van der Waals surface area contributed by atoms with E-state index in [-0.39, 0.29) is 0 Å².